The summed E-state index contributed by atoms with van der Waals surface area (Å²) in [5.74, 6) is 1.15. The molecule has 0 atom stereocenters. The average Bonchev–Trinajstić information content (AvgIpc) is 3.30. The predicted molar refractivity (Wildman–Crippen MR) is 84.9 cm³/mol. The SMILES string of the molecule is O=C(NCc1cccc2c1OCO2)c1cn(C2CCNCC2)nn1. The van der Waals surface area contributed by atoms with Crippen molar-refractivity contribution in [1.82, 2.24) is 25.6 Å². The van der Waals surface area contributed by atoms with Crippen LogP contribution in [0, 0.1) is 0 Å². The van der Waals surface area contributed by atoms with Crippen LogP contribution in [0.2, 0.25) is 0 Å². The number of nitrogens with zero attached hydrogens (tertiary/aromatic N) is 3. The molecule has 1 amide bonds. The zero-order valence-electron chi connectivity index (χ0n) is 13.2. The molecule has 1 fully saturated rings. The maximum absolute atomic E-state index is 12.3. The number of nitrogens with one attached hydrogen (secondary N) is 2. The van der Waals surface area contributed by atoms with E-state index in [9.17, 15) is 4.79 Å². The van der Waals surface area contributed by atoms with Crippen molar-refractivity contribution in [3.63, 3.8) is 0 Å². The monoisotopic (exact) mass is 329 g/mol. The van der Waals surface area contributed by atoms with Crippen LogP contribution < -0.4 is 20.1 Å². The Kier molecular flexibility index (Phi) is 4.04. The predicted octanol–water partition coefficient (Wildman–Crippen LogP) is 0.861. The first-order valence-corrected chi connectivity index (χ1v) is 8.09. The minimum absolute atomic E-state index is 0.213. The summed E-state index contributed by atoms with van der Waals surface area (Å²) in [4.78, 5) is 12.3. The van der Waals surface area contributed by atoms with E-state index in [1.807, 2.05) is 18.2 Å². The first-order valence-electron chi connectivity index (χ1n) is 8.09. The molecular weight excluding hydrogens is 310 g/mol. The smallest absolute Gasteiger partial charge is 0.273 e. The van der Waals surface area contributed by atoms with Gasteiger partial charge >= 0.3 is 0 Å². The second-order valence-corrected chi connectivity index (χ2v) is 5.90. The van der Waals surface area contributed by atoms with E-state index in [4.69, 9.17) is 9.47 Å². The number of carbonyl (C=O) groups is 1. The first kappa shape index (κ1) is 14.9. The number of para-hydroxylation sites is 1. The van der Waals surface area contributed by atoms with Crippen LogP contribution >= 0.6 is 0 Å². The van der Waals surface area contributed by atoms with E-state index in [2.05, 4.69) is 20.9 Å². The second kappa shape index (κ2) is 6.48. The van der Waals surface area contributed by atoms with Crippen molar-refractivity contribution in [2.75, 3.05) is 19.9 Å². The Morgan fingerprint density at radius 3 is 3.08 bits per heavy atom. The van der Waals surface area contributed by atoms with Crippen LogP contribution in [0.1, 0.15) is 34.9 Å². The van der Waals surface area contributed by atoms with E-state index in [1.165, 1.54) is 0 Å². The third-order valence-corrected chi connectivity index (χ3v) is 4.34. The Bertz CT molecular complexity index is 739. The van der Waals surface area contributed by atoms with Gasteiger partial charge in [0.2, 0.25) is 6.79 Å². The Morgan fingerprint density at radius 1 is 1.33 bits per heavy atom. The molecule has 2 aromatic rings. The highest BCUT2D eigenvalue weighted by Gasteiger charge is 2.20. The summed E-state index contributed by atoms with van der Waals surface area (Å²) in [6, 6.07) is 5.93. The van der Waals surface area contributed by atoms with E-state index in [1.54, 1.807) is 10.9 Å². The van der Waals surface area contributed by atoms with Gasteiger partial charge in [-0.15, -0.1) is 5.10 Å². The molecule has 3 heterocycles. The van der Waals surface area contributed by atoms with Crippen LogP contribution in [0.3, 0.4) is 0 Å². The molecule has 2 N–H and O–H groups in total. The summed E-state index contributed by atoms with van der Waals surface area (Å²) >= 11 is 0. The summed E-state index contributed by atoms with van der Waals surface area (Å²) in [6.07, 6.45) is 3.72. The Labute approximate surface area is 139 Å². The highest BCUT2D eigenvalue weighted by molar-refractivity contribution is 5.91. The van der Waals surface area contributed by atoms with Crippen LogP contribution in [0.25, 0.3) is 0 Å². The molecule has 8 nitrogen and oxygen atoms in total. The fourth-order valence-electron chi connectivity index (χ4n) is 3.03. The minimum Gasteiger partial charge on any atom is -0.454 e. The van der Waals surface area contributed by atoms with Crippen molar-refractivity contribution < 1.29 is 14.3 Å². The first-order chi connectivity index (χ1) is 11.8. The van der Waals surface area contributed by atoms with Crippen LogP contribution in [0.4, 0.5) is 0 Å². The minimum atomic E-state index is -0.244. The molecule has 8 heteroatoms. The second-order valence-electron chi connectivity index (χ2n) is 5.90. The van der Waals surface area contributed by atoms with Gasteiger partial charge in [-0.2, -0.15) is 0 Å². The number of hydrogen-bond acceptors (Lipinski definition) is 6. The topological polar surface area (TPSA) is 90.3 Å². The third-order valence-electron chi connectivity index (χ3n) is 4.34. The normalized spacial score (nSPS) is 17.0. The average molecular weight is 329 g/mol. The Morgan fingerprint density at radius 2 is 2.21 bits per heavy atom. The van der Waals surface area contributed by atoms with Gasteiger partial charge < -0.3 is 20.1 Å². The number of hydrogen-bond donors (Lipinski definition) is 2. The number of fused-ring (bicyclic) bond motifs is 1. The molecule has 1 aromatic heterocycles. The largest absolute Gasteiger partial charge is 0.454 e. The molecule has 0 spiro atoms. The van der Waals surface area contributed by atoms with E-state index in [0.29, 0.717) is 29.8 Å². The number of rotatable bonds is 4. The molecule has 1 aromatic carbocycles. The summed E-state index contributed by atoms with van der Waals surface area (Å²) in [7, 11) is 0. The van der Waals surface area contributed by atoms with Gasteiger partial charge in [0.15, 0.2) is 17.2 Å². The third kappa shape index (κ3) is 2.92. The molecule has 4 rings (SSSR count). The van der Waals surface area contributed by atoms with Crippen molar-refractivity contribution in [2.24, 2.45) is 0 Å². The fraction of sp³-hybridized carbons (Fsp3) is 0.438. The summed E-state index contributed by atoms with van der Waals surface area (Å²) in [5, 5.41) is 14.3. The lowest BCUT2D eigenvalue weighted by molar-refractivity contribution is 0.0945. The number of ether oxygens (including phenoxy) is 2. The number of piperidine rings is 1. The van der Waals surface area contributed by atoms with E-state index in [0.717, 1.165) is 31.5 Å². The molecule has 0 unspecified atom stereocenters. The van der Waals surface area contributed by atoms with Crippen molar-refractivity contribution in [2.45, 2.75) is 25.4 Å². The summed E-state index contributed by atoms with van der Waals surface area (Å²) in [6.45, 7) is 2.50. The lowest BCUT2D eigenvalue weighted by Gasteiger charge is -2.22. The molecule has 0 bridgehead atoms. The zero-order valence-corrected chi connectivity index (χ0v) is 13.2. The maximum Gasteiger partial charge on any atom is 0.273 e. The Hall–Kier alpha value is -2.61. The van der Waals surface area contributed by atoms with Crippen LogP contribution in [0.15, 0.2) is 24.4 Å². The van der Waals surface area contributed by atoms with Gasteiger partial charge in [0.25, 0.3) is 5.91 Å². The quantitative estimate of drug-likeness (QED) is 0.865. The van der Waals surface area contributed by atoms with Crippen molar-refractivity contribution in [3.05, 3.63) is 35.7 Å². The standard InChI is InChI=1S/C16H19N5O3/c22-16(13-9-21(20-19-13)12-4-6-17-7-5-12)18-8-11-2-1-3-14-15(11)24-10-23-14/h1-3,9,12,17H,4-8,10H2,(H,18,22). The van der Waals surface area contributed by atoms with Gasteiger partial charge in [-0.05, 0) is 32.0 Å². The lowest BCUT2D eigenvalue weighted by Crippen LogP contribution is -2.29. The number of aromatic nitrogens is 3. The van der Waals surface area contributed by atoms with Gasteiger partial charge in [-0.1, -0.05) is 17.3 Å². The molecule has 24 heavy (non-hydrogen) atoms. The lowest BCUT2D eigenvalue weighted by atomic mass is 10.1. The van der Waals surface area contributed by atoms with Gasteiger partial charge in [0.1, 0.15) is 0 Å². The van der Waals surface area contributed by atoms with Crippen LogP contribution in [0.5, 0.6) is 11.5 Å². The molecule has 1 saturated heterocycles. The molecule has 126 valence electrons. The molecule has 2 aliphatic rings. The van der Waals surface area contributed by atoms with Crippen LogP contribution in [-0.2, 0) is 6.54 Å². The summed E-state index contributed by atoms with van der Waals surface area (Å²) < 4.78 is 12.6. The number of carbonyl (C=O) groups excluding carboxylic acids is 1. The Balaban J connectivity index is 1.40. The highest BCUT2D eigenvalue weighted by Crippen LogP contribution is 2.35. The molecule has 2 aliphatic heterocycles. The van der Waals surface area contributed by atoms with Gasteiger partial charge in [-0.3, -0.25) is 4.79 Å². The van der Waals surface area contributed by atoms with Crippen molar-refractivity contribution in [1.29, 1.82) is 0 Å². The molecule has 0 saturated carbocycles. The van der Waals surface area contributed by atoms with Crippen LogP contribution in [-0.4, -0.2) is 40.8 Å². The molecule has 0 radical (unpaired) electrons. The number of amides is 1. The highest BCUT2D eigenvalue weighted by atomic mass is 16.7. The van der Waals surface area contributed by atoms with E-state index >= 15 is 0 Å². The van der Waals surface area contributed by atoms with Gasteiger partial charge in [0, 0.05) is 12.1 Å². The summed E-state index contributed by atoms with van der Waals surface area (Å²) in [5.41, 5.74) is 1.21. The maximum atomic E-state index is 12.3. The number of benzene rings is 1. The zero-order chi connectivity index (χ0) is 16.4. The van der Waals surface area contributed by atoms with Crippen molar-refractivity contribution >= 4 is 5.91 Å². The fourth-order valence-corrected chi connectivity index (χ4v) is 3.03. The van der Waals surface area contributed by atoms with Gasteiger partial charge in [0.05, 0.1) is 12.2 Å². The van der Waals surface area contributed by atoms with Crippen molar-refractivity contribution in [3.8, 4) is 11.5 Å². The van der Waals surface area contributed by atoms with E-state index < -0.39 is 0 Å². The van der Waals surface area contributed by atoms with Gasteiger partial charge in [-0.25, -0.2) is 4.68 Å². The molecular formula is C16H19N5O3. The van der Waals surface area contributed by atoms with E-state index in [-0.39, 0.29) is 12.7 Å². The molecule has 0 aliphatic carbocycles.